The van der Waals surface area contributed by atoms with Crippen LogP contribution >= 0.6 is 0 Å². The minimum absolute atomic E-state index is 0.114. The zero-order valence-corrected chi connectivity index (χ0v) is 33.4. The average molecular weight is 764 g/mol. The lowest BCUT2D eigenvalue weighted by molar-refractivity contribution is 0.660. The Balaban J connectivity index is 1.13. The number of hydrogen-bond donors (Lipinski definition) is 0. The Morgan fingerprint density at radius 3 is 1.59 bits per heavy atom. The second-order valence-electron chi connectivity index (χ2n) is 16.7. The first kappa shape index (κ1) is 27.6. The highest BCUT2D eigenvalue weighted by Crippen LogP contribution is 2.53. The monoisotopic (exact) mass is 763 g/mol. The summed E-state index contributed by atoms with van der Waals surface area (Å²) in [6, 6.07) is 47.0. The number of fused-ring (bicyclic) bond motifs is 7. The van der Waals surface area contributed by atoms with Crippen molar-refractivity contribution in [3.63, 3.8) is 0 Å². The van der Waals surface area contributed by atoms with Crippen LogP contribution in [0.5, 0.6) is 0 Å². The van der Waals surface area contributed by atoms with Crippen molar-refractivity contribution in [2.75, 3.05) is 4.90 Å². The van der Waals surface area contributed by atoms with E-state index < -0.39 is 10.8 Å². The van der Waals surface area contributed by atoms with Crippen LogP contribution in [0.15, 0.2) is 200 Å². The van der Waals surface area contributed by atoms with Crippen molar-refractivity contribution >= 4 is 27.8 Å². The van der Waals surface area contributed by atoms with Crippen molar-refractivity contribution in [2.24, 2.45) is 0 Å². The lowest BCUT2D eigenvalue weighted by atomic mass is 9.79. The SMILES string of the molecule is [2H]c1c([2H])c(N(c2ccc3c(c2)C(C)(C)c2ccccc2-3)c2c([2H])c([2H])c(-c3cccc4c3C(C)(C)c3ccccc3-4)c([2H])c2[2H])c([2H])c([2H])c1-c1cccc(-c2ccc3ccccc3c2)c1. The second kappa shape index (κ2) is 13.3. The maximum absolute atomic E-state index is 9.85. The molecule has 0 aromatic heterocycles. The number of rotatable bonds is 6. The average Bonchev–Trinajstić information content (AvgIpc) is 3.72. The molecule has 0 amide bonds. The Bertz CT molecular complexity index is 3530. The van der Waals surface area contributed by atoms with Crippen LogP contribution in [0.3, 0.4) is 0 Å². The standard InChI is InChI=1S/C58H45N/c1-57(2)53-21-9-7-17-49(53)51-34-33-47(37-55(51)57)59(46-31-27-40(28-32-46)48-19-12-20-52-50-18-8-10-22-54(50)58(3,4)56(48)52)45-29-25-39(26-30-45)42-15-11-16-43(35-42)44-24-23-38-13-5-6-14-41(38)36-44/h5-37H,1-4H3/i25D,26D,27D,28D,29D,30D,31D,32D. The first-order valence-corrected chi connectivity index (χ1v) is 20.2. The van der Waals surface area contributed by atoms with Crippen LogP contribution < -0.4 is 4.90 Å². The minimum atomic E-state index is -0.503. The molecule has 0 fully saturated rings. The molecule has 0 bridgehead atoms. The molecule has 0 radical (unpaired) electrons. The van der Waals surface area contributed by atoms with Gasteiger partial charge in [0, 0.05) is 27.9 Å². The summed E-state index contributed by atoms with van der Waals surface area (Å²) in [5.74, 6) is 0. The van der Waals surface area contributed by atoms with Gasteiger partial charge in [-0.3, -0.25) is 0 Å². The molecule has 1 nitrogen and oxygen atoms in total. The van der Waals surface area contributed by atoms with Gasteiger partial charge in [-0.15, -0.1) is 0 Å². The van der Waals surface area contributed by atoms with E-state index >= 15 is 0 Å². The van der Waals surface area contributed by atoms with Crippen LogP contribution in [0.1, 0.15) is 60.9 Å². The summed E-state index contributed by atoms with van der Waals surface area (Å²) in [4.78, 5) is 1.43. The van der Waals surface area contributed by atoms with E-state index in [1.54, 1.807) is 6.07 Å². The predicted octanol–water partition coefficient (Wildman–Crippen LogP) is 15.9. The molecule has 0 saturated heterocycles. The Morgan fingerprint density at radius 1 is 0.339 bits per heavy atom. The van der Waals surface area contributed by atoms with Gasteiger partial charge in [0.1, 0.15) is 0 Å². The van der Waals surface area contributed by atoms with Crippen molar-refractivity contribution in [1.29, 1.82) is 0 Å². The van der Waals surface area contributed by atoms with Crippen LogP contribution in [0, 0.1) is 0 Å². The first-order chi connectivity index (χ1) is 32.1. The van der Waals surface area contributed by atoms with E-state index in [0.29, 0.717) is 16.8 Å². The predicted molar refractivity (Wildman–Crippen MR) is 250 cm³/mol. The molecular weight excluding hydrogens is 711 g/mol. The molecule has 0 atom stereocenters. The summed E-state index contributed by atoms with van der Waals surface area (Å²) in [5, 5.41) is 2.18. The van der Waals surface area contributed by atoms with E-state index in [1.165, 1.54) is 4.90 Å². The molecule has 0 saturated carbocycles. The van der Waals surface area contributed by atoms with Crippen molar-refractivity contribution in [2.45, 2.75) is 38.5 Å². The highest BCUT2D eigenvalue weighted by molar-refractivity contribution is 5.91. The van der Waals surface area contributed by atoms with Gasteiger partial charge in [-0.25, -0.2) is 0 Å². The van der Waals surface area contributed by atoms with E-state index in [4.69, 9.17) is 0 Å². The van der Waals surface area contributed by atoms with Gasteiger partial charge in [-0.05, 0) is 137 Å². The lowest BCUT2D eigenvalue weighted by Gasteiger charge is -2.29. The number of hydrogen-bond acceptors (Lipinski definition) is 1. The molecular formula is C58H45N. The minimum Gasteiger partial charge on any atom is -0.310 e. The zero-order chi connectivity index (χ0) is 46.8. The third kappa shape index (κ3) is 5.60. The molecule has 282 valence electrons. The number of benzene rings is 9. The number of anilines is 3. The van der Waals surface area contributed by atoms with Crippen LogP contribution in [-0.4, -0.2) is 0 Å². The van der Waals surface area contributed by atoms with Crippen molar-refractivity contribution in [3.8, 4) is 55.6 Å². The van der Waals surface area contributed by atoms with Gasteiger partial charge in [0.2, 0.25) is 0 Å². The van der Waals surface area contributed by atoms with Crippen LogP contribution in [0.2, 0.25) is 0 Å². The van der Waals surface area contributed by atoms with Crippen molar-refractivity contribution in [1.82, 2.24) is 0 Å². The molecule has 0 heterocycles. The largest absolute Gasteiger partial charge is 0.310 e. The van der Waals surface area contributed by atoms with E-state index in [1.807, 2.05) is 97.1 Å². The Labute approximate surface area is 359 Å². The summed E-state index contributed by atoms with van der Waals surface area (Å²) in [5.41, 5.74) is 10.5. The highest BCUT2D eigenvalue weighted by Gasteiger charge is 2.38. The fourth-order valence-electron chi connectivity index (χ4n) is 9.60. The van der Waals surface area contributed by atoms with Crippen molar-refractivity contribution < 1.29 is 11.0 Å². The molecule has 0 unspecified atom stereocenters. The Hall–Kier alpha value is -6.96. The van der Waals surface area contributed by atoms with E-state index in [0.717, 1.165) is 66.4 Å². The van der Waals surface area contributed by atoms with E-state index in [2.05, 4.69) is 76.2 Å². The van der Waals surface area contributed by atoms with Gasteiger partial charge in [0.15, 0.2) is 0 Å². The summed E-state index contributed by atoms with van der Waals surface area (Å²) < 4.78 is 77.9. The molecule has 1 heteroatoms. The molecule has 59 heavy (non-hydrogen) atoms. The topological polar surface area (TPSA) is 3.24 Å². The number of nitrogens with zero attached hydrogens (tertiary/aromatic N) is 1. The fraction of sp³-hybridized carbons (Fsp3) is 0.103. The molecule has 0 spiro atoms. The highest BCUT2D eigenvalue weighted by atomic mass is 15.1. The second-order valence-corrected chi connectivity index (χ2v) is 16.7. The van der Waals surface area contributed by atoms with E-state index in [-0.39, 0.29) is 70.8 Å². The quantitative estimate of drug-likeness (QED) is 0.163. The summed E-state index contributed by atoms with van der Waals surface area (Å²) in [6.07, 6.45) is 0. The zero-order valence-electron chi connectivity index (χ0n) is 41.4. The Kier molecular flexibility index (Phi) is 6.23. The van der Waals surface area contributed by atoms with Crippen LogP contribution in [0.25, 0.3) is 66.4 Å². The first-order valence-electron chi connectivity index (χ1n) is 24.2. The summed E-state index contributed by atoms with van der Waals surface area (Å²) in [7, 11) is 0. The fourth-order valence-corrected chi connectivity index (χ4v) is 9.60. The van der Waals surface area contributed by atoms with Crippen molar-refractivity contribution in [3.05, 3.63) is 222 Å². The van der Waals surface area contributed by atoms with Gasteiger partial charge in [-0.1, -0.05) is 179 Å². The third-order valence-electron chi connectivity index (χ3n) is 12.6. The third-order valence-corrected chi connectivity index (χ3v) is 12.6. The molecule has 0 aliphatic heterocycles. The van der Waals surface area contributed by atoms with Gasteiger partial charge in [0.25, 0.3) is 0 Å². The van der Waals surface area contributed by atoms with Gasteiger partial charge in [-0.2, -0.15) is 0 Å². The summed E-state index contributed by atoms with van der Waals surface area (Å²) >= 11 is 0. The molecule has 0 N–H and O–H groups in total. The van der Waals surface area contributed by atoms with Gasteiger partial charge in [0.05, 0.1) is 11.0 Å². The molecule has 9 aromatic rings. The molecule has 11 rings (SSSR count). The van der Waals surface area contributed by atoms with Gasteiger partial charge < -0.3 is 4.90 Å². The summed E-state index contributed by atoms with van der Waals surface area (Å²) in [6.45, 7) is 8.50. The van der Waals surface area contributed by atoms with Crippen LogP contribution in [0.4, 0.5) is 17.1 Å². The maximum Gasteiger partial charge on any atom is 0.0645 e. The van der Waals surface area contributed by atoms with Crippen LogP contribution in [-0.2, 0) is 10.8 Å². The normalized spacial score (nSPS) is 15.9. The molecule has 2 aliphatic rings. The maximum atomic E-state index is 9.85. The smallest absolute Gasteiger partial charge is 0.0645 e. The molecule has 9 aromatic carbocycles. The molecule has 2 aliphatic carbocycles. The van der Waals surface area contributed by atoms with Gasteiger partial charge >= 0.3 is 0 Å². The van der Waals surface area contributed by atoms with E-state index in [9.17, 15) is 11.0 Å². The lowest BCUT2D eigenvalue weighted by Crippen LogP contribution is -2.16. The Morgan fingerprint density at radius 2 is 0.864 bits per heavy atom.